The number of benzene rings is 2. The first kappa shape index (κ1) is 22.8. The first-order valence-corrected chi connectivity index (χ1v) is 12.1. The summed E-state index contributed by atoms with van der Waals surface area (Å²) in [6.45, 7) is 1.25. The summed E-state index contributed by atoms with van der Waals surface area (Å²) in [5, 5.41) is 12.7. The first-order chi connectivity index (χ1) is 17.5. The second kappa shape index (κ2) is 9.11. The van der Waals surface area contributed by atoms with E-state index in [0.29, 0.717) is 18.5 Å². The Labute approximate surface area is 207 Å². The Morgan fingerprint density at radius 2 is 1.81 bits per heavy atom. The number of ether oxygens (including phenoxy) is 1. The number of aliphatic hydroxyl groups excluding tert-OH is 1. The average molecular weight is 490 g/mol. The lowest BCUT2D eigenvalue weighted by Gasteiger charge is -2.20. The number of rotatable bonds is 5. The number of anilines is 2. The van der Waals surface area contributed by atoms with Crippen LogP contribution in [0.2, 0.25) is 0 Å². The minimum Gasteiger partial charge on any atom is -0.391 e. The van der Waals surface area contributed by atoms with Crippen molar-refractivity contribution in [3.63, 3.8) is 0 Å². The highest BCUT2D eigenvalue weighted by atomic mass is 19.1. The Balaban J connectivity index is 1.29. The van der Waals surface area contributed by atoms with Gasteiger partial charge in [-0.2, -0.15) is 0 Å². The smallest absolute Gasteiger partial charge is 0.254 e. The molecule has 2 aromatic carbocycles. The Kier molecular flexibility index (Phi) is 5.78. The van der Waals surface area contributed by atoms with Gasteiger partial charge in [0.15, 0.2) is 0 Å². The third-order valence-corrected chi connectivity index (χ3v) is 7.13. The van der Waals surface area contributed by atoms with E-state index in [4.69, 9.17) is 4.74 Å². The zero-order valence-electron chi connectivity index (χ0n) is 19.5. The second-order valence-corrected chi connectivity index (χ2v) is 9.44. The summed E-state index contributed by atoms with van der Waals surface area (Å²) in [5.74, 6) is -0.722. The van der Waals surface area contributed by atoms with Gasteiger partial charge in [0.05, 0.1) is 23.9 Å². The Morgan fingerprint density at radius 1 is 1.00 bits per heavy atom. The number of aromatic nitrogens is 1. The lowest BCUT2D eigenvalue weighted by Crippen LogP contribution is -2.24. The third-order valence-electron chi connectivity index (χ3n) is 7.13. The molecule has 3 aliphatic heterocycles. The van der Waals surface area contributed by atoms with Crippen molar-refractivity contribution in [3.8, 4) is 11.1 Å². The largest absolute Gasteiger partial charge is 0.391 e. The van der Waals surface area contributed by atoms with Crippen LogP contribution in [0.4, 0.5) is 20.3 Å². The maximum Gasteiger partial charge on any atom is 0.254 e. The van der Waals surface area contributed by atoms with Crippen LogP contribution < -0.4 is 10.2 Å². The van der Waals surface area contributed by atoms with Gasteiger partial charge in [0.1, 0.15) is 17.5 Å². The molecule has 4 heterocycles. The van der Waals surface area contributed by atoms with Gasteiger partial charge in [0, 0.05) is 36.1 Å². The molecule has 2 N–H and O–H groups in total. The quantitative estimate of drug-likeness (QED) is 0.550. The van der Waals surface area contributed by atoms with Crippen molar-refractivity contribution in [2.24, 2.45) is 0 Å². The topological polar surface area (TPSA) is 74.7 Å². The van der Waals surface area contributed by atoms with Crippen LogP contribution in [0.3, 0.4) is 0 Å². The molecule has 0 saturated carbocycles. The van der Waals surface area contributed by atoms with Crippen LogP contribution in [0.15, 0.2) is 66.4 Å². The lowest BCUT2D eigenvalue weighted by molar-refractivity contribution is -0.113. The fourth-order valence-corrected chi connectivity index (χ4v) is 5.42. The molecule has 0 spiro atoms. The van der Waals surface area contributed by atoms with E-state index >= 15 is 0 Å². The molecule has 2 saturated heterocycles. The van der Waals surface area contributed by atoms with Crippen LogP contribution in [0, 0.1) is 11.6 Å². The highest BCUT2D eigenvalue weighted by Crippen LogP contribution is 2.45. The minimum atomic E-state index is -0.622. The van der Waals surface area contributed by atoms with Crippen molar-refractivity contribution in [2.45, 2.75) is 37.6 Å². The standard InChI is InChI=1S/C28H25F2N3O3/c29-21-4-2-1-3-19(21)20-6-5-17(14-22(20)30)32-28(35)27-24-8-7-23(36-24)26(27)16-9-11-31-25(13-16)33-12-10-18(34)15-33/h1-6,9,11,13-14,18,23-24,34H,7-8,10,12,15H2,(H,32,35)/t18?,23-,24+/m0/s1. The molecule has 3 aliphatic rings. The highest BCUT2D eigenvalue weighted by Gasteiger charge is 2.44. The molecule has 3 aromatic rings. The molecule has 1 amide bonds. The fourth-order valence-electron chi connectivity index (χ4n) is 5.42. The van der Waals surface area contributed by atoms with E-state index in [9.17, 15) is 18.7 Å². The number of amides is 1. The predicted molar refractivity (Wildman–Crippen MR) is 132 cm³/mol. The number of nitrogens with zero attached hydrogens (tertiary/aromatic N) is 2. The molecule has 3 atom stereocenters. The molecule has 0 aliphatic carbocycles. The zero-order valence-corrected chi connectivity index (χ0v) is 19.5. The van der Waals surface area contributed by atoms with Crippen LogP contribution in [-0.4, -0.2) is 47.4 Å². The number of carbonyl (C=O) groups excluding carboxylic acids is 1. The fraction of sp³-hybridized carbons (Fsp3) is 0.286. The van der Waals surface area contributed by atoms with Crippen molar-refractivity contribution >= 4 is 23.0 Å². The average Bonchev–Trinajstić information content (AvgIpc) is 3.61. The second-order valence-electron chi connectivity index (χ2n) is 9.44. The van der Waals surface area contributed by atoms with Gasteiger partial charge in [-0.05, 0) is 66.8 Å². The van der Waals surface area contributed by atoms with Gasteiger partial charge < -0.3 is 20.1 Å². The van der Waals surface area contributed by atoms with E-state index < -0.39 is 11.6 Å². The maximum atomic E-state index is 14.9. The summed E-state index contributed by atoms with van der Waals surface area (Å²) in [7, 11) is 0. The van der Waals surface area contributed by atoms with E-state index in [-0.39, 0.29) is 41.0 Å². The van der Waals surface area contributed by atoms with Gasteiger partial charge >= 0.3 is 0 Å². The van der Waals surface area contributed by atoms with Crippen molar-refractivity contribution < 1.29 is 23.4 Å². The van der Waals surface area contributed by atoms with Gasteiger partial charge in [-0.3, -0.25) is 4.79 Å². The number of β-amino-alcohol motifs (C(OH)–C–C–N with tert-alkyl or cyclic N) is 1. The molecule has 0 radical (unpaired) electrons. The van der Waals surface area contributed by atoms with Crippen LogP contribution in [0.5, 0.6) is 0 Å². The van der Waals surface area contributed by atoms with Gasteiger partial charge in [-0.15, -0.1) is 0 Å². The van der Waals surface area contributed by atoms with E-state index in [1.807, 2.05) is 17.0 Å². The van der Waals surface area contributed by atoms with Crippen LogP contribution in [0.1, 0.15) is 24.8 Å². The Morgan fingerprint density at radius 3 is 2.58 bits per heavy atom. The van der Waals surface area contributed by atoms with Crippen LogP contribution >= 0.6 is 0 Å². The molecular formula is C28H25F2N3O3. The van der Waals surface area contributed by atoms with Crippen molar-refractivity contribution in [1.29, 1.82) is 0 Å². The molecular weight excluding hydrogens is 464 g/mol. The van der Waals surface area contributed by atoms with E-state index in [1.165, 1.54) is 24.3 Å². The molecule has 6 rings (SSSR count). The van der Waals surface area contributed by atoms with Crippen molar-refractivity contribution in [3.05, 3.63) is 83.6 Å². The summed E-state index contributed by atoms with van der Waals surface area (Å²) in [5.41, 5.74) is 2.82. The van der Waals surface area contributed by atoms with Gasteiger partial charge in [0.25, 0.3) is 5.91 Å². The van der Waals surface area contributed by atoms with Crippen LogP contribution in [0.25, 0.3) is 16.7 Å². The number of halogens is 2. The molecule has 6 nitrogen and oxygen atoms in total. The molecule has 184 valence electrons. The molecule has 1 aromatic heterocycles. The number of nitrogens with one attached hydrogen (secondary N) is 1. The maximum absolute atomic E-state index is 14.9. The third kappa shape index (κ3) is 4.06. The Hall–Kier alpha value is -3.62. The van der Waals surface area contributed by atoms with Crippen molar-refractivity contribution in [2.75, 3.05) is 23.3 Å². The molecule has 36 heavy (non-hydrogen) atoms. The molecule has 1 unspecified atom stereocenters. The number of hydrogen-bond acceptors (Lipinski definition) is 5. The van der Waals surface area contributed by atoms with Gasteiger partial charge in [-0.1, -0.05) is 18.2 Å². The monoisotopic (exact) mass is 489 g/mol. The van der Waals surface area contributed by atoms with E-state index in [2.05, 4.69) is 10.3 Å². The summed E-state index contributed by atoms with van der Waals surface area (Å²) in [4.78, 5) is 19.9. The summed E-state index contributed by atoms with van der Waals surface area (Å²) >= 11 is 0. The molecule has 8 heteroatoms. The molecule has 2 fully saturated rings. The zero-order chi connectivity index (χ0) is 24.8. The van der Waals surface area contributed by atoms with Crippen LogP contribution in [-0.2, 0) is 9.53 Å². The predicted octanol–water partition coefficient (Wildman–Crippen LogP) is 4.55. The number of fused-ring (bicyclic) bond motifs is 2. The van der Waals surface area contributed by atoms with E-state index in [1.54, 1.807) is 24.4 Å². The molecule has 2 bridgehead atoms. The van der Waals surface area contributed by atoms with E-state index in [0.717, 1.165) is 36.3 Å². The highest BCUT2D eigenvalue weighted by molar-refractivity contribution is 6.11. The van der Waals surface area contributed by atoms with Gasteiger partial charge in [-0.25, -0.2) is 13.8 Å². The van der Waals surface area contributed by atoms with Crippen molar-refractivity contribution in [1.82, 2.24) is 4.98 Å². The summed E-state index contributed by atoms with van der Waals surface area (Å²) < 4.78 is 35.1. The minimum absolute atomic E-state index is 0.130. The number of carbonyl (C=O) groups is 1. The number of aliphatic hydroxyl groups is 1. The summed E-state index contributed by atoms with van der Waals surface area (Å²) in [6, 6.07) is 14.0. The normalized spacial score (nSPS) is 23.0. The Bertz CT molecular complexity index is 1380. The number of hydrogen-bond donors (Lipinski definition) is 2. The number of pyridine rings is 1. The summed E-state index contributed by atoms with van der Waals surface area (Å²) in [6.07, 6.45) is 3.10. The lowest BCUT2D eigenvalue weighted by atomic mass is 9.87. The first-order valence-electron chi connectivity index (χ1n) is 12.1. The van der Waals surface area contributed by atoms with Gasteiger partial charge in [0.2, 0.25) is 0 Å². The SMILES string of the molecule is O=C(Nc1ccc(-c2ccccc2F)c(F)c1)C1=C(c2ccnc(N3CCC(O)C3)c2)[C@@H]2CC[C@H]1O2.